The second-order valence-electron chi connectivity index (χ2n) is 7.37. The Bertz CT molecular complexity index is 473. The first-order valence-electron chi connectivity index (χ1n) is 8.12. The average molecular weight is 363 g/mol. The van der Waals surface area contributed by atoms with Crippen LogP contribution in [0.15, 0.2) is 0 Å². The smallest absolute Gasteiger partial charge is 0.408 e. The summed E-state index contributed by atoms with van der Waals surface area (Å²) in [5.74, 6) is -1.58. The molecule has 9 nitrogen and oxygen atoms in total. The number of aliphatic hydroxyl groups is 2. The van der Waals surface area contributed by atoms with Gasteiger partial charge in [0.05, 0.1) is 12.6 Å². The second kappa shape index (κ2) is 8.31. The van der Waals surface area contributed by atoms with Crippen LogP contribution in [0.5, 0.6) is 0 Å². The molecule has 0 radical (unpaired) electrons. The fraction of sp³-hybridized carbons (Fsp3) is 0.875. The normalized spacial score (nSPS) is 25.1. The van der Waals surface area contributed by atoms with Crippen molar-refractivity contribution in [1.82, 2.24) is 5.32 Å². The molecule has 0 aromatic heterocycles. The summed E-state index contributed by atoms with van der Waals surface area (Å²) in [5.41, 5.74) is -0.716. The third-order valence-corrected chi connectivity index (χ3v) is 3.29. The van der Waals surface area contributed by atoms with Crippen molar-refractivity contribution in [2.75, 3.05) is 13.2 Å². The van der Waals surface area contributed by atoms with Crippen molar-refractivity contribution in [1.29, 1.82) is 0 Å². The summed E-state index contributed by atoms with van der Waals surface area (Å²) >= 11 is 0. The van der Waals surface area contributed by atoms with E-state index in [4.69, 9.17) is 18.9 Å². The van der Waals surface area contributed by atoms with Gasteiger partial charge in [0.25, 0.3) is 0 Å². The van der Waals surface area contributed by atoms with Crippen LogP contribution in [-0.4, -0.2) is 71.2 Å². The van der Waals surface area contributed by atoms with Crippen LogP contribution in [0.4, 0.5) is 4.79 Å². The van der Waals surface area contributed by atoms with Crippen LogP contribution < -0.4 is 5.32 Å². The molecular weight excluding hydrogens is 334 g/mol. The molecule has 1 amide bonds. The van der Waals surface area contributed by atoms with Gasteiger partial charge in [0.15, 0.2) is 5.79 Å². The van der Waals surface area contributed by atoms with Gasteiger partial charge in [-0.05, 0) is 34.6 Å². The lowest BCUT2D eigenvalue weighted by Gasteiger charge is -2.29. The van der Waals surface area contributed by atoms with Gasteiger partial charge in [0.1, 0.15) is 30.5 Å². The highest BCUT2D eigenvalue weighted by Gasteiger charge is 2.49. The molecule has 0 bridgehead atoms. The molecule has 1 rings (SSSR count). The minimum Gasteiger partial charge on any atom is -0.464 e. The van der Waals surface area contributed by atoms with E-state index in [9.17, 15) is 19.8 Å². The lowest BCUT2D eigenvalue weighted by molar-refractivity contribution is -0.159. The van der Waals surface area contributed by atoms with E-state index in [0.29, 0.717) is 0 Å². The number of esters is 1. The highest BCUT2D eigenvalue weighted by Crippen LogP contribution is 2.32. The molecule has 4 atom stereocenters. The molecule has 146 valence electrons. The van der Waals surface area contributed by atoms with E-state index in [-0.39, 0.29) is 6.61 Å². The predicted molar refractivity (Wildman–Crippen MR) is 86.7 cm³/mol. The summed E-state index contributed by atoms with van der Waals surface area (Å²) in [4.78, 5) is 23.2. The van der Waals surface area contributed by atoms with Gasteiger partial charge in [0, 0.05) is 6.92 Å². The van der Waals surface area contributed by atoms with Gasteiger partial charge >= 0.3 is 12.1 Å². The predicted octanol–water partition coefficient (Wildman–Crippen LogP) is 0.316. The van der Waals surface area contributed by atoms with Crippen molar-refractivity contribution in [2.45, 2.75) is 77.3 Å². The number of nitrogens with one attached hydrogen (secondary N) is 1. The third-order valence-electron chi connectivity index (χ3n) is 3.29. The Kier molecular flexibility index (Phi) is 7.18. The zero-order valence-corrected chi connectivity index (χ0v) is 15.6. The van der Waals surface area contributed by atoms with E-state index in [2.05, 4.69) is 5.32 Å². The molecular formula is C16H29NO8. The molecule has 1 heterocycles. The van der Waals surface area contributed by atoms with Gasteiger partial charge in [-0.3, -0.25) is 4.79 Å². The summed E-state index contributed by atoms with van der Waals surface area (Å²) in [6, 6.07) is -0.841. The Morgan fingerprint density at radius 2 is 1.80 bits per heavy atom. The number of carbonyl (C=O) groups is 2. The monoisotopic (exact) mass is 363 g/mol. The van der Waals surface area contributed by atoms with Crippen LogP contribution in [0, 0.1) is 0 Å². The Balaban J connectivity index is 2.95. The van der Waals surface area contributed by atoms with Crippen molar-refractivity contribution in [3.8, 4) is 0 Å². The molecule has 0 saturated carbocycles. The molecule has 0 aromatic rings. The summed E-state index contributed by atoms with van der Waals surface area (Å²) in [6.45, 7) is 8.90. The van der Waals surface area contributed by atoms with Crippen molar-refractivity contribution in [3.05, 3.63) is 0 Å². The summed E-state index contributed by atoms with van der Waals surface area (Å²) < 4.78 is 21.6. The standard InChI is InChI=1S/C16H29NO8/c1-9(19)22-8-10(17-14(21)25-15(2,3)4)12-13(11(20)7-18)24-16(5,6)23-12/h10-13,18,20H,7-8H2,1-6H3,(H,17,21)/t10-,11-,12-,13-/m1/s1. The summed E-state index contributed by atoms with van der Waals surface area (Å²) in [5, 5.41) is 21.8. The maximum Gasteiger partial charge on any atom is 0.408 e. The van der Waals surface area contributed by atoms with Crippen LogP contribution in [0.3, 0.4) is 0 Å². The van der Waals surface area contributed by atoms with Crippen LogP contribution >= 0.6 is 0 Å². The zero-order chi connectivity index (χ0) is 19.4. The number of ether oxygens (including phenoxy) is 4. The Hall–Kier alpha value is -1.42. The Labute approximate surface area is 147 Å². The van der Waals surface area contributed by atoms with Gasteiger partial charge in [-0.15, -0.1) is 0 Å². The number of carbonyl (C=O) groups excluding carboxylic acids is 2. The van der Waals surface area contributed by atoms with E-state index in [1.165, 1.54) is 6.92 Å². The first-order valence-corrected chi connectivity index (χ1v) is 8.12. The largest absolute Gasteiger partial charge is 0.464 e. The summed E-state index contributed by atoms with van der Waals surface area (Å²) in [7, 11) is 0. The molecule has 0 aromatic carbocycles. The number of alkyl carbamates (subject to hydrolysis) is 1. The quantitative estimate of drug-likeness (QED) is 0.576. The van der Waals surface area contributed by atoms with Gasteiger partial charge in [-0.25, -0.2) is 4.79 Å². The average Bonchev–Trinajstić information content (AvgIpc) is 2.76. The molecule has 1 aliphatic heterocycles. The van der Waals surface area contributed by atoms with Crippen LogP contribution in [0.25, 0.3) is 0 Å². The fourth-order valence-corrected chi connectivity index (χ4v) is 2.41. The fourth-order valence-electron chi connectivity index (χ4n) is 2.41. The molecule has 25 heavy (non-hydrogen) atoms. The van der Waals surface area contributed by atoms with E-state index in [1.807, 2.05) is 0 Å². The maximum atomic E-state index is 12.1. The SMILES string of the molecule is CC(=O)OC[C@@H](NC(=O)OC(C)(C)C)[C@H]1OC(C)(C)O[C@@H]1[C@H](O)CO. The van der Waals surface area contributed by atoms with Crippen molar-refractivity contribution in [2.24, 2.45) is 0 Å². The van der Waals surface area contributed by atoms with Crippen molar-refractivity contribution < 1.29 is 38.7 Å². The maximum absolute atomic E-state index is 12.1. The summed E-state index contributed by atoms with van der Waals surface area (Å²) in [6.07, 6.45) is -3.73. The van der Waals surface area contributed by atoms with Gasteiger partial charge in [-0.1, -0.05) is 0 Å². The minimum atomic E-state index is -1.23. The molecule has 0 aliphatic carbocycles. The highest BCUT2D eigenvalue weighted by molar-refractivity contribution is 5.68. The molecule has 9 heteroatoms. The second-order valence-corrected chi connectivity index (χ2v) is 7.37. The number of hydrogen-bond acceptors (Lipinski definition) is 8. The number of rotatable bonds is 6. The first kappa shape index (κ1) is 21.6. The third kappa shape index (κ3) is 7.15. The lowest BCUT2D eigenvalue weighted by atomic mass is 10.0. The van der Waals surface area contributed by atoms with Crippen LogP contribution in [0.1, 0.15) is 41.5 Å². The molecule has 1 aliphatic rings. The molecule has 0 spiro atoms. The molecule has 1 saturated heterocycles. The van der Waals surface area contributed by atoms with E-state index in [1.54, 1.807) is 34.6 Å². The number of hydrogen-bond donors (Lipinski definition) is 3. The van der Waals surface area contributed by atoms with Crippen LogP contribution in [-0.2, 0) is 23.7 Å². The van der Waals surface area contributed by atoms with Gasteiger partial charge in [0.2, 0.25) is 0 Å². The van der Waals surface area contributed by atoms with Gasteiger partial charge < -0.3 is 34.5 Å². The van der Waals surface area contributed by atoms with E-state index >= 15 is 0 Å². The molecule has 3 N–H and O–H groups in total. The topological polar surface area (TPSA) is 124 Å². The van der Waals surface area contributed by atoms with Crippen molar-refractivity contribution in [3.63, 3.8) is 0 Å². The lowest BCUT2D eigenvalue weighted by Crippen LogP contribution is -2.54. The number of amides is 1. The highest BCUT2D eigenvalue weighted by atomic mass is 16.8. The van der Waals surface area contributed by atoms with Gasteiger partial charge in [-0.2, -0.15) is 0 Å². The Morgan fingerprint density at radius 3 is 2.28 bits per heavy atom. The minimum absolute atomic E-state index is 0.201. The Morgan fingerprint density at radius 1 is 1.24 bits per heavy atom. The zero-order valence-electron chi connectivity index (χ0n) is 15.6. The van der Waals surface area contributed by atoms with E-state index < -0.39 is 54.4 Å². The molecule has 0 unspecified atom stereocenters. The van der Waals surface area contributed by atoms with Crippen LogP contribution in [0.2, 0.25) is 0 Å². The first-order chi connectivity index (χ1) is 11.3. The van der Waals surface area contributed by atoms with Crippen molar-refractivity contribution >= 4 is 12.1 Å². The molecule has 1 fully saturated rings. The number of aliphatic hydroxyl groups excluding tert-OH is 2. The van der Waals surface area contributed by atoms with E-state index in [0.717, 1.165) is 0 Å².